The molecule has 0 aromatic rings. The zero-order valence-corrected chi connectivity index (χ0v) is 7.10. The van der Waals surface area contributed by atoms with Crippen LogP contribution in [0.1, 0.15) is 19.8 Å². The summed E-state index contributed by atoms with van der Waals surface area (Å²) in [5, 5.41) is 18.0. The Morgan fingerprint density at radius 1 is 1.58 bits per heavy atom. The van der Waals surface area contributed by atoms with Crippen LogP contribution in [0.15, 0.2) is 0 Å². The molecule has 1 rings (SSSR count). The van der Waals surface area contributed by atoms with Crippen LogP contribution in [0.3, 0.4) is 0 Å². The van der Waals surface area contributed by atoms with Crippen LogP contribution in [0.4, 0.5) is 0 Å². The SMILES string of the molecule is CC(C(=O)O)C1CC(O)[C@@H](N)C1. The van der Waals surface area contributed by atoms with Crippen LogP contribution in [-0.2, 0) is 4.79 Å². The third-order valence-electron chi connectivity index (χ3n) is 2.71. The van der Waals surface area contributed by atoms with Gasteiger partial charge in [-0.15, -0.1) is 0 Å². The Balaban J connectivity index is 2.51. The molecule has 0 amide bonds. The van der Waals surface area contributed by atoms with Gasteiger partial charge in [-0.3, -0.25) is 4.79 Å². The molecule has 0 aliphatic heterocycles. The van der Waals surface area contributed by atoms with E-state index in [1.165, 1.54) is 0 Å². The van der Waals surface area contributed by atoms with Gasteiger partial charge in [0.05, 0.1) is 12.0 Å². The molecule has 1 aliphatic rings. The van der Waals surface area contributed by atoms with Crippen LogP contribution in [0, 0.1) is 11.8 Å². The lowest BCUT2D eigenvalue weighted by atomic mass is 9.92. The first-order valence-electron chi connectivity index (χ1n) is 4.18. The first-order valence-corrected chi connectivity index (χ1v) is 4.18. The van der Waals surface area contributed by atoms with E-state index < -0.39 is 18.0 Å². The van der Waals surface area contributed by atoms with Gasteiger partial charge < -0.3 is 15.9 Å². The number of carboxylic acids is 1. The van der Waals surface area contributed by atoms with Crippen molar-refractivity contribution in [3.63, 3.8) is 0 Å². The average Bonchev–Trinajstić information content (AvgIpc) is 2.30. The minimum atomic E-state index is -0.804. The second-order valence-electron chi connectivity index (χ2n) is 3.59. The topological polar surface area (TPSA) is 83.5 Å². The third-order valence-corrected chi connectivity index (χ3v) is 2.71. The largest absolute Gasteiger partial charge is 0.481 e. The molecule has 0 aromatic carbocycles. The van der Waals surface area contributed by atoms with Crippen LogP contribution < -0.4 is 5.73 Å². The van der Waals surface area contributed by atoms with E-state index in [0.29, 0.717) is 12.8 Å². The van der Waals surface area contributed by atoms with E-state index >= 15 is 0 Å². The van der Waals surface area contributed by atoms with Crippen molar-refractivity contribution >= 4 is 5.97 Å². The van der Waals surface area contributed by atoms with Gasteiger partial charge in [0, 0.05) is 6.04 Å². The molecule has 1 fully saturated rings. The lowest BCUT2D eigenvalue weighted by molar-refractivity contribution is -0.142. The molecular weight excluding hydrogens is 158 g/mol. The van der Waals surface area contributed by atoms with E-state index in [0.717, 1.165) is 0 Å². The highest BCUT2D eigenvalue weighted by atomic mass is 16.4. The Morgan fingerprint density at radius 2 is 2.17 bits per heavy atom. The molecule has 12 heavy (non-hydrogen) atoms. The van der Waals surface area contributed by atoms with Crippen LogP contribution in [0.2, 0.25) is 0 Å². The summed E-state index contributed by atoms with van der Waals surface area (Å²) in [5.41, 5.74) is 5.56. The van der Waals surface area contributed by atoms with Crippen molar-refractivity contribution in [2.75, 3.05) is 0 Å². The molecule has 4 atom stereocenters. The minimum Gasteiger partial charge on any atom is -0.481 e. The lowest BCUT2D eigenvalue weighted by Crippen LogP contribution is -2.28. The number of nitrogens with two attached hydrogens (primary N) is 1. The zero-order chi connectivity index (χ0) is 9.30. The Morgan fingerprint density at radius 3 is 2.50 bits per heavy atom. The van der Waals surface area contributed by atoms with E-state index in [1.54, 1.807) is 6.92 Å². The smallest absolute Gasteiger partial charge is 0.306 e. The van der Waals surface area contributed by atoms with E-state index in [4.69, 9.17) is 10.8 Å². The normalized spacial score (nSPS) is 38.1. The fourth-order valence-electron chi connectivity index (χ4n) is 1.70. The molecular formula is C8H15NO3. The minimum absolute atomic E-state index is 0.0347. The zero-order valence-electron chi connectivity index (χ0n) is 7.10. The van der Waals surface area contributed by atoms with Crippen molar-refractivity contribution in [2.45, 2.75) is 31.9 Å². The highest BCUT2D eigenvalue weighted by Crippen LogP contribution is 2.30. The van der Waals surface area contributed by atoms with Crippen molar-refractivity contribution < 1.29 is 15.0 Å². The average molecular weight is 173 g/mol. The summed E-state index contributed by atoms with van der Waals surface area (Å²) in [5.74, 6) is -1.16. The molecule has 3 unspecified atom stereocenters. The number of aliphatic hydroxyl groups excluding tert-OH is 1. The first kappa shape index (κ1) is 9.48. The number of carbonyl (C=O) groups is 1. The van der Waals surface area contributed by atoms with Gasteiger partial charge >= 0.3 is 5.97 Å². The molecule has 1 aliphatic carbocycles. The molecule has 70 valence electrons. The maximum absolute atomic E-state index is 10.6. The molecule has 4 nitrogen and oxygen atoms in total. The van der Waals surface area contributed by atoms with Gasteiger partial charge in [-0.1, -0.05) is 6.92 Å². The standard InChI is InChI=1S/C8H15NO3/c1-4(8(11)12)5-2-6(9)7(10)3-5/h4-7,10H,2-3,9H2,1H3,(H,11,12)/t4?,5?,6-,7?/m0/s1. The maximum atomic E-state index is 10.6. The predicted molar refractivity (Wildman–Crippen MR) is 43.5 cm³/mol. The summed E-state index contributed by atoms with van der Waals surface area (Å²) < 4.78 is 0. The van der Waals surface area contributed by atoms with E-state index in [-0.39, 0.29) is 12.0 Å². The number of hydrogen-bond acceptors (Lipinski definition) is 3. The van der Waals surface area contributed by atoms with Gasteiger partial charge in [0.25, 0.3) is 0 Å². The predicted octanol–water partition coefficient (Wildman–Crippen LogP) is -0.195. The molecule has 0 spiro atoms. The lowest BCUT2D eigenvalue weighted by Gasteiger charge is -2.13. The molecule has 0 saturated heterocycles. The van der Waals surface area contributed by atoms with Gasteiger partial charge in [-0.05, 0) is 18.8 Å². The molecule has 0 heterocycles. The number of carboxylic acid groups (broad SMARTS) is 1. The molecule has 4 N–H and O–H groups in total. The fraction of sp³-hybridized carbons (Fsp3) is 0.875. The van der Waals surface area contributed by atoms with Crippen LogP contribution in [0.5, 0.6) is 0 Å². The van der Waals surface area contributed by atoms with Crippen LogP contribution in [0.25, 0.3) is 0 Å². The monoisotopic (exact) mass is 173 g/mol. The highest BCUT2D eigenvalue weighted by Gasteiger charge is 2.35. The number of rotatable bonds is 2. The van der Waals surface area contributed by atoms with Gasteiger partial charge in [0.2, 0.25) is 0 Å². The molecule has 1 saturated carbocycles. The quantitative estimate of drug-likeness (QED) is 0.540. The highest BCUT2D eigenvalue weighted by molar-refractivity contribution is 5.69. The summed E-state index contributed by atoms with van der Waals surface area (Å²) in [6.45, 7) is 1.66. The molecule has 4 heteroatoms. The van der Waals surface area contributed by atoms with E-state index in [2.05, 4.69) is 0 Å². The third kappa shape index (κ3) is 1.76. The summed E-state index contributed by atoms with van der Waals surface area (Å²) in [6, 6.07) is -0.239. The van der Waals surface area contributed by atoms with E-state index in [1.807, 2.05) is 0 Å². The number of aliphatic carboxylic acids is 1. The Hall–Kier alpha value is -0.610. The van der Waals surface area contributed by atoms with E-state index in [9.17, 15) is 9.90 Å². The van der Waals surface area contributed by atoms with Crippen LogP contribution in [-0.4, -0.2) is 28.3 Å². The summed E-state index contributed by atoms with van der Waals surface area (Å²) in [6.07, 6.45) is 0.625. The molecule has 0 radical (unpaired) electrons. The van der Waals surface area contributed by atoms with Crippen LogP contribution >= 0.6 is 0 Å². The maximum Gasteiger partial charge on any atom is 0.306 e. The second kappa shape index (κ2) is 3.41. The molecule has 0 bridgehead atoms. The summed E-state index contributed by atoms with van der Waals surface area (Å²) in [4.78, 5) is 10.6. The van der Waals surface area contributed by atoms with Crippen molar-refractivity contribution in [3.8, 4) is 0 Å². The molecule has 0 aromatic heterocycles. The number of aliphatic hydroxyl groups is 1. The number of hydrogen-bond donors (Lipinski definition) is 3. The Kier molecular flexibility index (Phi) is 2.69. The fourth-order valence-corrected chi connectivity index (χ4v) is 1.70. The van der Waals surface area contributed by atoms with Crippen molar-refractivity contribution in [3.05, 3.63) is 0 Å². The van der Waals surface area contributed by atoms with Crippen molar-refractivity contribution in [2.24, 2.45) is 17.6 Å². The second-order valence-corrected chi connectivity index (χ2v) is 3.59. The van der Waals surface area contributed by atoms with Crippen molar-refractivity contribution in [1.29, 1.82) is 0 Å². The first-order chi connectivity index (χ1) is 5.52. The summed E-state index contributed by atoms with van der Waals surface area (Å²) in [7, 11) is 0. The van der Waals surface area contributed by atoms with Gasteiger partial charge in [-0.2, -0.15) is 0 Å². The Bertz CT molecular complexity index is 173. The van der Waals surface area contributed by atoms with Gasteiger partial charge in [0.1, 0.15) is 0 Å². The Labute approximate surface area is 71.4 Å². The van der Waals surface area contributed by atoms with Crippen molar-refractivity contribution in [1.82, 2.24) is 0 Å². The van der Waals surface area contributed by atoms with Gasteiger partial charge in [-0.25, -0.2) is 0 Å². The summed E-state index contributed by atoms with van der Waals surface area (Å²) >= 11 is 0. The van der Waals surface area contributed by atoms with Gasteiger partial charge in [0.15, 0.2) is 0 Å².